The van der Waals surface area contributed by atoms with Crippen molar-refractivity contribution in [2.75, 3.05) is 44.7 Å². The zero-order valence-corrected chi connectivity index (χ0v) is 15.0. The summed E-state index contributed by atoms with van der Waals surface area (Å²) in [6.45, 7) is 11.4. The minimum atomic E-state index is -0.0938. The third kappa shape index (κ3) is 3.74. The van der Waals surface area contributed by atoms with Crippen LogP contribution in [0.1, 0.15) is 12.1 Å². The molecule has 1 saturated heterocycles. The van der Waals surface area contributed by atoms with Crippen molar-refractivity contribution in [3.8, 4) is 0 Å². The molecular weight excluding hydrogens is 320 g/mol. The van der Waals surface area contributed by atoms with E-state index in [1.807, 2.05) is 6.92 Å². The third-order valence-corrected chi connectivity index (χ3v) is 4.46. The van der Waals surface area contributed by atoms with Crippen molar-refractivity contribution in [1.29, 1.82) is 0 Å². The summed E-state index contributed by atoms with van der Waals surface area (Å²) in [6.07, 6.45) is 2.69. The molecule has 0 unspecified atom stereocenters. The summed E-state index contributed by atoms with van der Waals surface area (Å²) in [5.41, 5.74) is 1.85. The Morgan fingerprint density at radius 3 is 2.84 bits per heavy atom. The summed E-state index contributed by atoms with van der Waals surface area (Å²) in [4.78, 5) is 19.8. The van der Waals surface area contributed by atoms with Crippen molar-refractivity contribution in [2.45, 2.75) is 19.9 Å². The standard InChI is InChI=1S/C17H26N6O2/c1-4-7-23-16(24)15-14(13(2)20-21(15)3)19-17(23)18-6-5-8-22-9-11-25-12-10-22/h4H,1,5-12H2,2-3H3,(H,18,19). The fourth-order valence-electron chi connectivity index (χ4n) is 3.17. The predicted octanol–water partition coefficient (Wildman–Crippen LogP) is 0.759. The van der Waals surface area contributed by atoms with Gasteiger partial charge in [-0.15, -0.1) is 6.58 Å². The van der Waals surface area contributed by atoms with E-state index >= 15 is 0 Å². The van der Waals surface area contributed by atoms with Crippen molar-refractivity contribution in [2.24, 2.45) is 7.05 Å². The highest BCUT2D eigenvalue weighted by Crippen LogP contribution is 2.14. The summed E-state index contributed by atoms with van der Waals surface area (Å²) >= 11 is 0. The minimum Gasteiger partial charge on any atom is -0.379 e. The van der Waals surface area contributed by atoms with Crippen LogP contribution < -0.4 is 10.9 Å². The number of fused-ring (bicyclic) bond motifs is 1. The Bertz CT molecular complexity index is 804. The number of anilines is 1. The number of hydrogen-bond acceptors (Lipinski definition) is 6. The third-order valence-electron chi connectivity index (χ3n) is 4.46. The number of nitrogens with one attached hydrogen (secondary N) is 1. The summed E-state index contributed by atoms with van der Waals surface area (Å²) in [5.74, 6) is 0.579. The Morgan fingerprint density at radius 2 is 2.12 bits per heavy atom. The van der Waals surface area contributed by atoms with Crippen LogP contribution in [0.4, 0.5) is 5.95 Å². The molecule has 0 radical (unpaired) electrons. The van der Waals surface area contributed by atoms with Crippen LogP contribution in [0, 0.1) is 6.92 Å². The van der Waals surface area contributed by atoms with Gasteiger partial charge in [0, 0.05) is 33.2 Å². The molecule has 0 saturated carbocycles. The fourth-order valence-corrected chi connectivity index (χ4v) is 3.17. The van der Waals surface area contributed by atoms with E-state index in [2.05, 4.69) is 26.9 Å². The predicted molar refractivity (Wildman–Crippen MR) is 98.1 cm³/mol. The number of hydrogen-bond donors (Lipinski definition) is 1. The molecule has 0 bridgehead atoms. The summed E-state index contributed by atoms with van der Waals surface area (Å²) in [6, 6.07) is 0. The van der Waals surface area contributed by atoms with Crippen LogP contribution >= 0.6 is 0 Å². The highest BCUT2D eigenvalue weighted by Gasteiger charge is 2.16. The van der Waals surface area contributed by atoms with Gasteiger partial charge in [0.15, 0.2) is 5.52 Å². The highest BCUT2D eigenvalue weighted by molar-refractivity contribution is 5.77. The molecule has 0 atom stereocenters. The van der Waals surface area contributed by atoms with Gasteiger partial charge in [-0.25, -0.2) is 4.98 Å². The second kappa shape index (κ2) is 7.79. The lowest BCUT2D eigenvalue weighted by molar-refractivity contribution is 0.0378. The summed E-state index contributed by atoms with van der Waals surface area (Å²) < 4.78 is 8.58. The van der Waals surface area contributed by atoms with Crippen molar-refractivity contribution >= 4 is 17.0 Å². The Kier molecular flexibility index (Phi) is 5.50. The molecule has 2 aromatic rings. The van der Waals surface area contributed by atoms with E-state index in [1.54, 1.807) is 22.4 Å². The number of allylic oxidation sites excluding steroid dienone is 1. The normalized spacial score (nSPS) is 15.6. The van der Waals surface area contributed by atoms with E-state index in [0.29, 0.717) is 23.5 Å². The summed E-state index contributed by atoms with van der Waals surface area (Å²) in [5, 5.41) is 7.64. The molecule has 1 N–H and O–H groups in total. The Balaban J connectivity index is 1.75. The van der Waals surface area contributed by atoms with Gasteiger partial charge in [0.1, 0.15) is 5.52 Å². The van der Waals surface area contributed by atoms with Crippen molar-refractivity contribution < 1.29 is 4.74 Å². The molecule has 1 aliphatic rings. The largest absolute Gasteiger partial charge is 0.379 e. The number of morpholine rings is 1. The van der Waals surface area contributed by atoms with Gasteiger partial charge in [0.2, 0.25) is 5.95 Å². The van der Waals surface area contributed by atoms with Crippen LogP contribution in [0.5, 0.6) is 0 Å². The molecule has 0 aromatic carbocycles. The maximum absolute atomic E-state index is 12.8. The Labute approximate surface area is 147 Å². The van der Waals surface area contributed by atoms with E-state index in [4.69, 9.17) is 4.74 Å². The average Bonchev–Trinajstić information content (AvgIpc) is 2.89. The molecule has 25 heavy (non-hydrogen) atoms. The van der Waals surface area contributed by atoms with Gasteiger partial charge in [0.05, 0.1) is 18.9 Å². The number of aryl methyl sites for hydroxylation is 2. The van der Waals surface area contributed by atoms with Crippen LogP contribution in [-0.4, -0.2) is 63.6 Å². The molecule has 0 aliphatic carbocycles. The van der Waals surface area contributed by atoms with Crippen molar-refractivity contribution in [3.05, 3.63) is 28.7 Å². The summed E-state index contributed by atoms with van der Waals surface area (Å²) in [7, 11) is 1.77. The van der Waals surface area contributed by atoms with Crippen LogP contribution in [-0.2, 0) is 18.3 Å². The molecule has 0 amide bonds. The zero-order chi connectivity index (χ0) is 17.8. The molecular formula is C17H26N6O2. The fraction of sp³-hybridized carbons (Fsp3) is 0.588. The number of nitrogens with zero attached hydrogens (tertiary/aromatic N) is 5. The number of rotatable bonds is 7. The topological polar surface area (TPSA) is 77.2 Å². The monoisotopic (exact) mass is 346 g/mol. The first kappa shape index (κ1) is 17.6. The average molecular weight is 346 g/mol. The van der Waals surface area contributed by atoms with E-state index in [9.17, 15) is 4.79 Å². The van der Waals surface area contributed by atoms with Crippen molar-refractivity contribution in [3.63, 3.8) is 0 Å². The zero-order valence-electron chi connectivity index (χ0n) is 15.0. The van der Waals surface area contributed by atoms with Gasteiger partial charge >= 0.3 is 0 Å². The number of ether oxygens (including phenoxy) is 1. The molecule has 3 heterocycles. The van der Waals surface area contributed by atoms with Gasteiger partial charge in [-0.05, 0) is 19.9 Å². The first-order valence-electron chi connectivity index (χ1n) is 8.71. The van der Waals surface area contributed by atoms with Crippen LogP contribution in [0.3, 0.4) is 0 Å². The van der Waals surface area contributed by atoms with Gasteiger partial charge in [-0.1, -0.05) is 6.08 Å². The maximum atomic E-state index is 12.8. The van der Waals surface area contributed by atoms with Crippen LogP contribution in [0.25, 0.3) is 11.0 Å². The van der Waals surface area contributed by atoms with Crippen LogP contribution in [0.2, 0.25) is 0 Å². The maximum Gasteiger partial charge on any atom is 0.281 e. The molecule has 8 heteroatoms. The molecule has 1 aliphatic heterocycles. The SMILES string of the molecule is C=CCn1c(NCCCN2CCOCC2)nc2c(C)nn(C)c2c1=O. The van der Waals surface area contributed by atoms with Gasteiger partial charge in [-0.3, -0.25) is 18.9 Å². The Morgan fingerprint density at radius 1 is 1.36 bits per heavy atom. The second-order valence-corrected chi connectivity index (χ2v) is 6.28. The molecule has 0 spiro atoms. The quantitative estimate of drug-likeness (QED) is 0.589. The molecule has 3 rings (SSSR count). The van der Waals surface area contributed by atoms with E-state index < -0.39 is 0 Å². The lowest BCUT2D eigenvalue weighted by Crippen LogP contribution is -2.37. The molecule has 1 fully saturated rings. The van der Waals surface area contributed by atoms with Gasteiger partial charge in [-0.2, -0.15) is 5.10 Å². The van der Waals surface area contributed by atoms with E-state index in [-0.39, 0.29) is 5.56 Å². The lowest BCUT2D eigenvalue weighted by Gasteiger charge is -2.26. The first-order valence-corrected chi connectivity index (χ1v) is 8.71. The highest BCUT2D eigenvalue weighted by atomic mass is 16.5. The second-order valence-electron chi connectivity index (χ2n) is 6.28. The Hall–Kier alpha value is -2.19. The first-order chi connectivity index (χ1) is 12.1. The molecule has 136 valence electrons. The van der Waals surface area contributed by atoms with Crippen LogP contribution in [0.15, 0.2) is 17.4 Å². The number of aromatic nitrogens is 4. The van der Waals surface area contributed by atoms with Gasteiger partial charge in [0.25, 0.3) is 5.56 Å². The minimum absolute atomic E-state index is 0.0938. The van der Waals surface area contributed by atoms with Gasteiger partial charge < -0.3 is 10.1 Å². The van der Waals surface area contributed by atoms with Crippen molar-refractivity contribution in [1.82, 2.24) is 24.2 Å². The molecule has 8 nitrogen and oxygen atoms in total. The lowest BCUT2D eigenvalue weighted by atomic mass is 10.3. The molecule has 2 aromatic heterocycles. The van der Waals surface area contributed by atoms with E-state index in [0.717, 1.165) is 51.5 Å². The van der Waals surface area contributed by atoms with E-state index in [1.165, 1.54) is 0 Å². The smallest absolute Gasteiger partial charge is 0.281 e.